The Morgan fingerprint density at radius 3 is 2.48 bits per heavy atom. The minimum Gasteiger partial charge on any atom is -0.488 e. The number of nitrogens with zero attached hydrogens (tertiary/aromatic N) is 1. The first-order valence-corrected chi connectivity index (χ1v) is 11.0. The van der Waals surface area contributed by atoms with Crippen LogP contribution in [-0.4, -0.2) is 15.6 Å². The largest absolute Gasteiger partial charge is 0.488 e. The zero-order valence-corrected chi connectivity index (χ0v) is 18.2. The van der Waals surface area contributed by atoms with Gasteiger partial charge in [0.15, 0.2) is 0 Å². The number of thiophene rings is 1. The van der Waals surface area contributed by atoms with Crippen LogP contribution in [0.15, 0.2) is 70.8 Å². The molecule has 0 bridgehead atoms. The highest BCUT2D eigenvalue weighted by molar-refractivity contribution is 7.13. The van der Waals surface area contributed by atoms with E-state index in [4.69, 9.17) is 4.74 Å². The van der Waals surface area contributed by atoms with Gasteiger partial charge in [-0.3, -0.25) is 4.79 Å². The lowest BCUT2D eigenvalue weighted by molar-refractivity contribution is 0.0684. The predicted octanol–water partition coefficient (Wildman–Crippen LogP) is 5.66. The summed E-state index contributed by atoms with van der Waals surface area (Å²) in [6.07, 6.45) is 0. The number of hydrogen-bond acceptors (Lipinski definition) is 4. The molecule has 158 valence electrons. The van der Waals surface area contributed by atoms with Crippen LogP contribution in [0.1, 0.15) is 29.9 Å². The van der Waals surface area contributed by atoms with Gasteiger partial charge in [0.2, 0.25) is 0 Å². The summed E-state index contributed by atoms with van der Waals surface area (Å²) in [5.74, 6) is -0.510. The molecule has 0 radical (unpaired) electrons. The lowest BCUT2D eigenvalue weighted by atomic mass is 10.00. The normalized spacial score (nSPS) is 11.2. The molecule has 2 heterocycles. The predicted molar refractivity (Wildman–Crippen MR) is 124 cm³/mol. The Morgan fingerprint density at radius 1 is 1.06 bits per heavy atom. The number of rotatable bonds is 7. The lowest BCUT2D eigenvalue weighted by Gasteiger charge is -2.20. The summed E-state index contributed by atoms with van der Waals surface area (Å²) in [5, 5.41) is 13.0. The molecule has 0 aliphatic rings. The van der Waals surface area contributed by atoms with Crippen LogP contribution in [0.25, 0.3) is 21.2 Å². The highest BCUT2D eigenvalue weighted by atomic mass is 32.1. The molecular formula is C25H23NO4S. The van der Waals surface area contributed by atoms with Crippen LogP contribution < -0.4 is 10.3 Å². The van der Waals surface area contributed by atoms with Crippen molar-refractivity contribution in [2.75, 3.05) is 0 Å². The standard InChI is InChI=1S/C25H23NO4S/c1-16(2)14-26-23(25(28)29)22(20-12-7-13-31-20)21-18(24(26)27)10-6-11-19(21)30-15-17-8-4-3-5-9-17/h3-13,16H,14-15H2,1-2H3,(H,28,29). The van der Waals surface area contributed by atoms with Crippen LogP contribution in [0.2, 0.25) is 0 Å². The third-order valence-electron chi connectivity index (χ3n) is 5.01. The number of carboxylic acid groups (broad SMARTS) is 1. The fourth-order valence-electron chi connectivity index (χ4n) is 3.75. The van der Waals surface area contributed by atoms with Gasteiger partial charge in [-0.15, -0.1) is 11.3 Å². The number of aromatic nitrogens is 1. The Morgan fingerprint density at radius 2 is 1.84 bits per heavy atom. The molecule has 0 spiro atoms. The van der Waals surface area contributed by atoms with Crippen molar-refractivity contribution in [3.8, 4) is 16.2 Å². The number of hydrogen-bond donors (Lipinski definition) is 1. The molecule has 1 N–H and O–H groups in total. The number of carboxylic acids is 1. The van der Waals surface area contributed by atoms with Crippen LogP contribution >= 0.6 is 11.3 Å². The second-order valence-corrected chi connectivity index (χ2v) is 8.72. The van der Waals surface area contributed by atoms with Gasteiger partial charge in [-0.05, 0) is 35.1 Å². The van der Waals surface area contributed by atoms with E-state index in [0.29, 0.717) is 35.2 Å². The van der Waals surface area contributed by atoms with E-state index in [9.17, 15) is 14.7 Å². The Labute approximate surface area is 184 Å². The van der Waals surface area contributed by atoms with Gasteiger partial charge < -0.3 is 14.4 Å². The number of fused-ring (bicyclic) bond motifs is 1. The third kappa shape index (κ3) is 4.11. The van der Waals surface area contributed by atoms with Gasteiger partial charge in [0, 0.05) is 22.4 Å². The fraction of sp³-hybridized carbons (Fsp3) is 0.200. The summed E-state index contributed by atoms with van der Waals surface area (Å²) in [5.41, 5.74) is 1.21. The van der Waals surface area contributed by atoms with Crippen LogP contribution in [0, 0.1) is 5.92 Å². The third-order valence-corrected chi connectivity index (χ3v) is 5.90. The van der Waals surface area contributed by atoms with Gasteiger partial charge in [0.05, 0.1) is 5.39 Å². The van der Waals surface area contributed by atoms with Crippen molar-refractivity contribution in [1.29, 1.82) is 0 Å². The topological polar surface area (TPSA) is 68.5 Å². The molecule has 0 fully saturated rings. The van der Waals surface area contributed by atoms with Gasteiger partial charge in [-0.2, -0.15) is 0 Å². The van der Waals surface area contributed by atoms with E-state index in [1.54, 1.807) is 18.2 Å². The maximum absolute atomic E-state index is 13.4. The van der Waals surface area contributed by atoms with Crippen molar-refractivity contribution in [2.45, 2.75) is 27.0 Å². The fourth-order valence-corrected chi connectivity index (χ4v) is 4.52. The van der Waals surface area contributed by atoms with E-state index >= 15 is 0 Å². The Kier molecular flexibility index (Phi) is 5.91. The highest BCUT2D eigenvalue weighted by Crippen LogP contribution is 2.39. The van der Waals surface area contributed by atoms with Gasteiger partial charge in [0.25, 0.3) is 5.56 Å². The first kappa shape index (κ1) is 20.9. The molecule has 0 saturated heterocycles. The van der Waals surface area contributed by atoms with E-state index < -0.39 is 5.97 Å². The Balaban J connectivity index is 2.01. The van der Waals surface area contributed by atoms with Crippen molar-refractivity contribution in [3.05, 3.63) is 87.7 Å². The van der Waals surface area contributed by atoms with Gasteiger partial charge in [-0.1, -0.05) is 56.3 Å². The zero-order chi connectivity index (χ0) is 22.0. The van der Waals surface area contributed by atoms with E-state index in [1.807, 2.05) is 61.7 Å². The van der Waals surface area contributed by atoms with Crippen molar-refractivity contribution in [2.24, 2.45) is 5.92 Å². The second kappa shape index (κ2) is 8.78. The monoisotopic (exact) mass is 433 g/mol. The summed E-state index contributed by atoms with van der Waals surface area (Å²) in [4.78, 5) is 26.6. The molecular weight excluding hydrogens is 410 g/mol. The summed E-state index contributed by atoms with van der Waals surface area (Å²) < 4.78 is 7.51. The minimum atomic E-state index is -1.12. The number of benzene rings is 2. The first-order chi connectivity index (χ1) is 15.0. The number of aromatic carboxylic acids is 1. The van der Waals surface area contributed by atoms with Crippen LogP contribution in [0.4, 0.5) is 0 Å². The SMILES string of the molecule is CC(C)Cn1c(C(=O)O)c(-c2cccs2)c2c(OCc3ccccc3)cccc2c1=O. The molecule has 31 heavy (non-hydrogen) atoms. The Bertz CT molecular complexity index is 1270. The molecule has 2 aromatic carbocycles. The van der Waals surface area contributed by atoms with Crippen LogP contribution in [-0.2, 0) is 13.2 Å². The van der Waals surface area contributed by atoms with Crippen LogP contribution in [0.3, 0.4) is 0 Å². The maximum atomic E-state index is 13.4. The van der Waals surface area contributed by atoms with Crippen molar-refractivity contribution >= 4 is 28.1 Å². The van der Waals surface area contributed by atoms with E-state index in [0.717, 1.165) is 10.4 Å². The lowest BCUT2D eigenvalue weighted by Crippen LogP contribution is -2.29. The molecule has 0 saturated carbocycles. The highest BCUT2D eigenvalue weighted by Gasteiger charge is 2.26. The van der Waals surface area contributed by atoms with Crippen molar-refractivity contribution in [3.63, 3.8) is 0 Å². The molecule has 4 rings (SSSR count). The molecule has 4 aromatic rings. The van der Waals surface area contributed by atoms with Gasteiger partial charge >= 0.3 is 5.97 Å². The van der Waals surface area contributed by atoms with Gasteiger partial charge in [-0.25, -0.2) is 4.79 Å². The quantitative estimate of drug-likeness (QED) is 0.408. The number of ether oxygens (including phenoxy) is 1. The summed E-state index contributed by atoms with van der Waals surface area (Å²) in [7, 11) is 0. The minimum absolute atomic E-state index is 0.00408. The molecule has 0 unspecified atom stereocenters. The molecule has 6 heteroatoms. The maximum Gasteiger partial charge on any atom is 0.353 e. The molecule has 0 aliphatic heterocycles. The summed E-state index contributed by atoms with van der Waals surface area (Å²) in [6.45, 7) is 4.57. The van der Waals surface area contributed by atoms with E-state index in [-0.39, 0.29) is 17.2 Å². The smallest absolute Gasteiger partial charge is 0.353 e. The zero-order valence-electron chi connectivity index (χ0n) is 17.4. The first-order valence-electron chi connectivity index (χ1n) is 10.1. The van der Waals surface area contributed by atoms with Crippen molar-refractivity contribution < 1.29 is 14.6 Å². The second-order valence-electron chi connectivity index (χ2n) is 7.77. The number of carbonyl (C=O) groups is 1. The molecule has 0 atom stereocenters. The van der Waals surface area contributed by atoms with Crippen LogP contribution in [0.5, 0.6) is 5.75 Å². The molecule has 5 nitrogen and oxygen atoms in total. The van der Waals surface area contributed by atoms with E-state index in [2.05, 4.69) is 0 Å². The molecule has 0 aliphatic carbocycles. The Hall–Kier alpha value is -3.38. The molecule has 0 amide bonds. The van der Waals surface area contributed by atoms with Crippen molar-refractivity contribution in [1.82, 2.24) is 4.57 Å². The summed E-state index contributed by atoms with van der Waals surface area (Å²) in [6, 6.07) is 18.8. The van der Waals surface area contributed by atoms with Gasteiger partial charge in [0.1, 0.15) is 18.1 Å². The number of pyridine rings is 1. The molecule has 2 aromatic heterocycles. The average Bonchev–Trinajstić information content (AvgIpc) is 3.28. The summed E-state index contributed by atoms with van der Waals surface area (Å²) >= 11 is 1.44. The van der Waals surface area contributed by atoms with E-state index in [1.165, 1.54) is 15.9 Å². The average molecular weight is 434 g/mol.